The van der Waals surface area contributed by atoms with E-state index in [1.54, 1.807) is 0 Å². The summed E-state index contributed by atoms with van der Waals surface area (Å²) < 4.78 is 5.14. The highest BCUT2D eigenvalue weighted by Gasteiger charge is 2.40. The van der Waals surface area contributed by atoms with Crippen molar-refractivity contribution in [2.24, 2.45) is 10.9 Å². The Morgan fingerprint density at radius 3 is 2.80 bits per heavy atom. The Morgan fingerprint density at radius 1 is 1.40 bits per heavy atom. The Bertz CT molecular complexity index is 641. The lowest BCUT2D eigenvalue weighted by Gasteiger charge is -2.33. The monoisotopic (exact) mass is 363 g/mol. The van der Waals surface area contributed by atoms with Gasteiger partial charge in [0, 0.05) is 37.1 Å². The van der Waals surface area contributed by atoms with Crippen LogP contribution in [0.15, 0.2) is 29.3 Å². The van der Waals surface area contributed by atoms with Crippen molar-refractivity contribution in [1.82, 2.24) is 10.2 Å². The Hall–Kier alpha value is -1.75. The van der Waals surface area contributed by atoms with Gasteiger partial charge in [0.05, 0.1) is 12.5 Å². The number of guanidine groups is 1. The quantitative estimate of drug-likeness (QED) is 0.507. The molecule has 5 nitrogen and oxygen atoms in total. The number of esters is 1. The Labute approximate surface area is 154 Å². The molecule has 1 saturated heterocycles. The minimum Gasteiger partial charge on any atom is -0.466 e. The summed E-state index contributed by atoms with van der Waals surface area (Å²) in [7, 11) is 1.82. The minimum absolute atomic E-state index is 0.0226. The number of carbonyl (C=O) groups is 1. The van der Waals surface area contributed by atoms with Gasteiger partial charge in [-0.15, -0.1) is 0 Å². The van der Waals surface area contributed by atoms with Crippen molar-refractivity contribution in [2.45, 2.75) is 38.1 Å². The summed E-state index contributed by atoms with van der Waals surface area (Å²) in [5, 5.41) is 4.35. The van der Waals surface area contributed by atoms with Gasteiger partial charge in [-0.05, 0) is 43.9 Å². The van der Waals surface area contributed by atoms with Crippen LogP contribution in [-0.2, 0) is 9.53 Å². The lowest BCUT2D eigenvalue weighted by molar-refractivity contribution is -0.149. The molecule has 0 aromatic heterocycles. The van der Waals surface area contributed by atoms with Crippen LogP contribution in [0.1, 0.15) is 37.7 Å². The van der Waals surface area contributed by atoms with Crippen molar-refractivity contribution in [3.8, 4) is 0 Å². The molecule has 2 fully saturated rings. The van der Waals surface area contributed by atoms with Crippen LogP contribution in [0.25, 0.3) is 0 Å². The number of nitrogens with one attached hydrogen (secondary N) is 1. The molecule has 1 aromatic rings. The number of hydrogen-bond acceptors (Lipinski definition) is 3. The molecule has 1 aromatic carbocycles. The summed E-state index contributed by atoms with van der Waals surface area (Å²) in [6, 6.07) is 8.48. The van der Waals surface area contributed by atoms with Gasteiger partial charge < -0.3 is 15.0 Å². The molecule has 3 rings (SSSR count). The molecule has 1 aliphatic carbocycles. The zero-order valence-electron chi connectivity index (χ0n) is 14.9. The normalized spacial score (nSPS) is 24.1. The second-order valence-corrected chi connectivity index (χ2v) is 7.15. The van der Waals surface area contributed by atoms with E-state index in [-0.39, 0.29) is 11.9 Å². The van der Waals surface area contributed by atoms with Crippen LogP contribution in [0.4, 0.5) is 0 Å². The van der Waals surface area contributed by atoms with E-state index in [2.05, 4.69) is 21.3 Å². The number of nitrogens with zero attached hydrogens (tertiary/aromatic N) is 2. The summed E-state index contributed by atoms with van der Waals surface area (Å²) in [6.07, 6.45) is 2.74. The van der Waals surface area contributed by atoms with Gasteiger partial charge in [0.1, 0.15) is 0 Å². The average molecular weight is 364 g/mol. The van der Waals surface area contributed by atoms with Crippen molar-refractivity contribution in [3.63, 3.8) is 0 Å². The molecule has 1 saturated carbocycles. The first-order valence-corrected chi connectivity index (χ1v) is 9.40. The van der Waals surface area contributed by atoms with Gasteiger partial charge in [0.2, 0.25) is 0 Å². The van der Waals surface area contributed by atoms with Crippen LogP contribution < -0.4 is 5.32 Å². The van der Waals surface area contributed by atoms with Crippen molar-refractivity contribution < 1.29 is 9.53 Å². The zero-order valence-corrected chi connectivity index (χ0v) is 15.6. The number of carbonyl (C=O) groups excluding carboxylic acids is 1. The molecule has 25 heavy (non-hydrogen) atoms. The van der Waals surface area contributed by atoms with Gasteiger partial charge in [-0.2, -0.15) is 0 Å². The van der Waals surface area contributed by atoms with Crippen LogP contribution in [-0.4, -0.2) is 49.6 Å². The summed E-state index contributed by atoms with van der Waals surface area (Å²) in [6.45, 7) is 3.97. The largest absolute Gasteiger partial charge is 0.466 e. The first-order valence-electron chi connectivity index (χ1n) is 9.02. The number of piperidine rings is 1. The SMILES string of the molecule is CCOC(=O)C1CCN(C(=NC)NC2CC2c2cccc(Cl)c2)CC1. The maximum Gasteiger partial charge on any atom is 0.309 e. The van der Waals surface area contributed by atoms with E-state index >= 15 is 0 Å². The van der Waals surface area contributed by atoms with Gasteiger partial charge in [0.15, 0.2) is 5.96 Å². The van der Waals surface area contributed by atoms with Crippen molar-refractivity contribution in [1.29, 1.82) is 0 Å². The molecule has 136 valence electrons. The van der Waals surface area contributed by atoms with Crippen molar-refractivity contribution >= 4 is 23.5 Å². The van der Waals surface area contributed by atoms with E-state index in [1.807, 2.05) is 32.2 Å². The summed E-state index contributed by atoms with van der Waals surface area (Å²) >= 11 is 6.09. The van der Waals surface area contributed by atoms with Crippen molar-refractivity contribution in [2.75, 3.05) is 26.7 Å². The molecule has 0 amide bonds. The molecular weight excluding hydrogens is 338 g/mol. The highest BCUT2D eigenvalue weighted by Crippen LogP contribution is 2.41. The third-order valence-corrected chi connectivity index (χ3v) is 5.24. The number of likely N-dealkylation sites (tertiary alicyclic amines) is 1. The van der Waals surface area contributed by atoms with Crippen LogP contribution >= 0.6 is 11.6 Å². The predicted octanol–water partition coefficient (Wildman–Crippen LogP) is 3.05. The zero-order chi connectivity index (χ0) is 17.8. The molecule has 1 heterocycles. The average Bonchev–Trinajstić information content (AvgIpc) is 3.39. The maximum atomic E-state index is 11.9. The lowest BCUT2D eigenvalue weighted by Crippen LogP contribution is -2.47. The fraction of sp³-hybridized carbons (Fsp3) is 0.579. The Balaban J connectivity index is 1.51. The standard InChI is InChI=1S/C19H26ClN3O2/c1-3-25-18(24)13-7-9-23(10-8-13)19(21-2)22-17-12-16(17)14-5-4-6-15(20)11-14/h4-6,11,13,16-17H,3,7-10,12H2,1-2H3,(H,21,22). The maximum absolute atomic E-state index is 11.9. The lowest BCUT2D eigenvalue weighted by atomic mass is 9.97. The number of hydrogen-bond donors (Lipinski definition) is 1. The Kier molecular flexibility index (Phi) is 5.84. The van der Waals surface area contributed by atoms with E-state index < -0.39 is 0 Å². The number of benzene rings is 1. The number of rotatable bonds is 4. The van der Waals surface area contributed by atoms with E-state index in [0.717, 1.165) is 43.3 Å². The van der Waals surface area contributed by atoms with Gasteiger partial charge in [0.25, 0.3) is 0 Å². The molecule has 0 spiro atoms. The highest BCUT2D eigenvalue weighted by atomic mass is 35.5. The van der Waals surface area contributed by atoms with Crippen LogP contribution in [0.2, 0.25) is 5.02 Å². The molecule has 1 N–H and O–H groups in total. The third-order valence-electron chi connectivity index (χ3n) is 5.01. The summed E-state index contributed by atoms with van der Waals surface area (Å²) in [4.78, 5) is 18.5. The Morgan fingerprint density at radius 2 is 2.16 bits per heavy atom. The second-order valence-electron chi connectivity index (χ2n) is 6.71. The second kappa shape index (κ2) is 8.09. The molecule has 2 unspecified atom stereocenters. The molecule has 0 bridgehead atoms. The van der Waals surface area contributed by atoms with E-state index in [1.165, 1.54) is 5.56 Å². The van der Waals surface area contributed by atoms with Crippen LogP contribution in [0.3, 0.4) is 0 Å². The first kappa shape index (κ1) is 18.1. The molecule has 2 aliphatic rings. The highest BCUT2D eigenvalue weighted by molar-refractivity contribution is 6.30. The van der Waals surface area contributed by atoms with E-state index in [0.29, 0.717) is 18.6 Å². The fourth-order valence-corrected chi connectivity index (χ4v) is 3.71. The van der Waals surface area contributed by atoms with Gasteiger partial charge >= 0.3 is 5.97 Å². The van der Waals surface area contributed by atoms with Crippen molar-refractivity contribution in [3.05, 3.63) is 34.9 Å². The first-order chi connectivity index (χ1) is 12.1. The molecular formula is C19H26ClN3O2. The topological polar surface area (TPSA) is 53.9 Å². The molecule has 2 atom stereocenters. The van der Waals surface area contributed by atoms with Gasteiger partial charge in [-0.1, -0.05) is 23.7 Å². The van der Waals surface area contributed by atoms with E-state index in [4.69, 9.17) is 16.3 Å². The fourth-order valence-electron chi connectivity index (χ4n) is 3.51. The molecule has 1 aliphatic heterocycles. The van der Waals surface area contributed by atoms with Crippen LogP contribution in [0.5, 0.6) is 0 Å². The number of halogens is 1. The van der Waals surface area contributed by atoms with Gasteiger partial charge in [-0.25, -0.2) is 0 Å². The molecule has 6 heteroatoms. The van der Waals surface area contributed by atoms with Gasteiger partial charge in [-0.3, -0.25) is 9.79 Å². The third kappa shape index (κ3) is 4.46. The predicted molar refractivity (Wildman–Crippen MR) is 100 cm³/mol. The number of aliphatic imine (C=N–C) groups is 1. The number of ether oxygens (including phenoxy) is 1. The molecule has 0 radical (unpaired) electrons. The summed E-state index contributed by atoms with van der Waals surface area (Å²) in [5.41, 5.74) is 1.28. The smallest absolute Gasteiger partial charge is 0.309 e. The van der Waals surface area contributed by atoms with Crippen LogP contribution in [0, 0.1) is 5.92 Å². The van der Waals surface area contributed by atoms with E-state index in [9.17, 15) is 4.79 Å². The summed E-state index contributed by atoms with van der Waals surface area (Å²) in [5.74, 6) is 1.38. The minimum atomic E-state index is -0.0618.